The lowest BCUT2D eigenvalue weighted by atomic mass is 9.50. The molecule has 0 saturated heterocycles. The molecule has 2 aromatic carbocycles. The number of pyridine rings is 1. The van der Waals surface area contributed by atoms with Crippen LogP contribution in [0.4, 0.5) is 4.39 Å². The third-order valence-electron chi connectivity index (χ3n) is 7.45. The topological polar surface area (TPSA) is 84.2 Å². The highest BCUT2D eigenvalue weighted by molar-refractivity contribution is 6.11. The van der Waals surface area contributed by atoms with Crippen molar-refractivity contribution in [1.29, 1.82) is 0 Å². The molecular formula is C30H26FN3O3. The highest BCUT2D eigenvalue weighted by Gasteiger charge is 2.57. The summed E-state index contributed by atoms with van der Waals surface area (Å²) in [4.78, 5) is 30.7. The fourth-order valence-corrected chi connectivity index (χ4v) is 5.48. The van der Waals surface area contributed by atoms with Gasteiger partial charge in [-0.25, -0.2) is 9.37 Å². The van der Waals surface area contributed by atoms with E-state index in [0.717, 1.165) is 36.3 Å². The average molecular weight is 496 g/mol. The summed E-state index contributed by atoms with van der Waals surface area (Å²) in [7, 11) is 1.55. The van der Waals surface area contributed by atoms with Gasteiger partial charge >= 0.3 is 0 Å². The van der Waals surface area contributed by atoms with Gasteiger partial charge in [0, 0.05) is 29.3 Å². The highest BCUT2D eigenvalue weighted by atomic mass is 19.1. The summed E-state index contributed by atoms with van der Waals surface area (Å²) in [5.41, 5.74) is 3.98. The smallest absolute Gasteiger partial charge is 0.255 e. The van der Waals surface area contributed by atoms with Crippen molar-refractivity contribution < 1.29 is 18.4 Å². The number of hydrogen-bond donors (Lipinski definition) is 2. The number of amides is 2. The molecule has 3 aliphatic carbocycles. The second-order valence-electron chi connectivity index (χ2n) is 9.96. The molecule has 2 heterocycles. The number of nitrogens with one attached hydrogen (secondary N) is 2. The van der Waals surface area contributed by atoms with Crippen molar-refractivity contribution >= 4 is 29.0 Å². The van der Waals surface area contributed by atoms with Crippen molar-refractivity contribution in [2.45, 2.75) is 31.7 Å². The Morgan fingerprint density at radius 3 is 2.46 bits per heavy atom. The lowest BCUT2D eigenvalue weighted by Crippen LogP contribution is -2.68. The zero-order valence-corrected chi connectivity index (χ0v) is 20.6. The van der Waals surface area contributed by atoms with Crippen LogP contribution in [0.3, 0.4) is 0 Å². The Morgan fingerprint density at radius 2 is 1.81 bits per heavy atom. The second-order valence-corrected chi connectivity index (χ2v) is 9.96. The van der Waals surface area contributed by atoms with E-state index >= 15 is 0 Å². The summed E-state index contributed by atoms with van der Waals surface area (Å²) >= 11 is 0. The van der Waals surface area contributed by atoms with Gasteiger partial charge in [-0.2, -0.15) is 0 Å². The predicted molar refractivity (Wildman–Crippen MR) is 140 cm³/mol. The van der Waals surface area contributed by atoms with Gasteiger partial charge in [-0.1, -0.05) is 18.2 Å². The number of fused-ring (bicyclic) bond motifs is 1. The van der Waals surface area contributed by atoms with Gasteiger partial charge in [-0.05, 0) is 86.2 Å². The molecule has 0 aliphatic heterocycles. The van der Waals surface area contributed by atoms with Gasteiger partial charge in [0.1, 0.15) is 11.6 Å². The molecule has 2 N–H and O–H groups in total. The molecule has 37 heavy (non-hydrogen) atoms. The Hall–Kier alpha value is -4.26. The first-order valence-corrected chi connectivity index (χ1v) is 12.4. The van der Waals surface area contributed by atoms with Crippen LogP contribution in [0.15, 0.2) is 65.1 Å². The molecule has 2 bridgehead atoms. The van der Waals surface area contributed by atoms with Gasteiger partial charge in [0.15, 0.2) is 0 Å². The molecule has 7 heteroatoms. The van der Waals surface area contributed by atoms with E-state index in [-0.39, 0.29) is 23.2 Å². The van der Waals surface area contributed by atoms with E-state index in [1.54, 1.807) is 19.2 Å². The number of halogens is 1. The quantitative estimate of drug-likeness (QED) is 0.345. The summed E-state index contributed by atoms with van der Waals surface area (Å²) in [5.74, 6) is 0.301. The lowest BCUT2D eigenvalue weighted by molar-refractivity contribution is -0.0438. The first-order chi connectivity index (χ1) is 17.9. The molecule has 7 rings (SSSR count). The molecule has 3 fully saturated rings. The molecule has 0 spiro atoms. The van der Waals surface area contributed by atoms with Crippen LogP contribution < -0.4 is 10.6 Å². The zero-order valence-electron chi connectivity index (χ0n) is 20.6. The number of benzene rings is 2. The summed E-state index contributed by atoms with van der Waals surface area (Å²) in [6.07, 6.45) is 6.96. The van der Waals surface area contributed by atoms with Gasteiger partial charge in [0.2, 0.25) is 5.71 Å². The molecule has 0 radical (unpaired) electrons. The number of furan rings is 1. The SMILES string of the molecule is C/C=C/c1nc2oc(-c3ccc(F)cc3)c(C(=O)NC)c2cc1-c1cccc(C(=O)NC23CC(C2)C3)c1. The first-order valence-electron chi connectivity index (χ1n) is 12.4. The molecule has 0 unspecified atom stereocenters. The van der Waals surface area contributed by atoms with Gasteiger partial charge < -0.3 is 15.1 Å². The van der Waals surface area contributed by atoms with E-state index in [1.165, 1.54) is 12.1 Å². The fraction of sp³-hybridized carbons (Fsp3) is 0.233. The Kier molecular flexibility index (Phi) is 5.44. The maximum atomic E-state index is 13.6. The number of allylic oxidation sites excluding steroid dienone is 1. The van der Waals surface area contributed by atoms with Crippen molar-refractivity contribution in [2.75, 3.05) is 7.05 Å². The lowest BCUT2D eigenvalue weighted by Gasteiger charge is -2.61. The molecule has 186 valence electrons. The minimum Gasteiger partial charge on any atom is -0.437 e. The largest absolute Gasteiger partial charge is 0.437 e. The first kappa shape index (κ1) is 23.2. The Balaban J connectivity index is 1.48. The molecule has 2 amide bonds. The standard InChI is InChI=1S/C30H26FN3O3/c1-3-5-24-22(19-6-4-7-20(12-19)27(35)34-30-14-17(15-30)16-30)13-23-25(28(36)32-2)26(37-29(23)33-24)18-8-10-21(31)11-9-18/h3-13,17H,14-16H2,1-2H3,(H,32,36)(H,34,35)/b5-3+. The molecular weight excluding hydrogens is 469 g/mol. The predicted octanol–water partition coefficient (Wildman–Crippen LogP) is 5.98. The van der Waals surface area contributed by atoms with Crippen LogP contribution in [0.1, 0.15) is 52.6 Å². The van der Waals surface area contributed by atoms with Crippen molar-refractivity contribution in [3.8, 4) is 22.5 Å². The van der Waals surface area contributed by atoms with Gasteiger partial charge in [-0.3, -0.25) is 9.59 Å². The summed E-state index contributed by atoms with van der Waals surface area (Å²) in [6.45, 7) is 1.89. The van der Waals surface area contributed by atoms with Crippen LogP contribution in [-0.2, 0) is 0 Å². The monoisotopic (exact) mass is 495 g/mol. The van der Waals surface area contributed by atoms with Crippen molar-refractivity contribution in [1.82, 2.24) is 15.6 Å². The Labute approximate surface area is 213 Å². The molecule has 2 aromatic heterocycles. The maximum Gasteiger partial charge on any atom is 0.255 e. The zero-order chi connectivity index (χ0) is 25.7. The number of carbonyl (C=O) groups is 2. The van der Waals surface area contributed by atoms with Crippen LogP contribution in [0.5, 0.6) is 0 Å². The van der Waals surface area contributed by atoms with Crippen molar-refractivity contribution in [3.05, 3.63) is 83.3 Å². The minimum absolute atomic E-state index is 0.00963. The number of nitrogens with zero attached hydrogens (tertiary/aromatic N) is 1. The maximum absolute atomic E-state index is 13.6. The summed E-state index contributed by atoms with van der Waals surface area (Å²) in [5, 5.41) is 6.42. The van der Waals surface area contributed by atoms with E-state index in [1.807, 2.05) is 49.4 Å². The number of hydrogen-bond acceptors (Lipinski definition) is 4. The normalized spacial score (nSPS) is 19.9. The number of carbonyl (C=O) groups excluding carboxylic acids is 2. The van der Waals surface area contributed by atoms with Crippen LogP contribution in [0.25, 0.3) is 39.6 Å². The molecule has 0 atom stereocenters. The molecule has 3 aliphatic rings. The van der Waals surface area contributed by atoms with Crippen LogP contribution >= 0.6 is 0 Å². The van der Waals surface area contributed by atoms with Crippen LogP contribution in [0, 0.1) is 11.7 Å². The third-order valence-corrected chi connectivity index (χ3v) is 7.45. The summed E-state index contributed by atoms with van der Waals surface area (Å²) < 4.78 is 19.6. The minimum atomic E-state index is -0.380. The van der Waals surface area contributed by atoms with Crippen LogP contribution in [-0.4, -0.2) is 29.4 Å². The van der Waals surface area contributed by atoms with E-state index in [4.69, 9.17) is 9.40 Å². The number of aromatic nitrogens is 1. The fourth-order valence-electron chi connectivity index (χ4n) is 5.48. The molecule has 6 nitrogen and oxygen atoms in total. The highest BCUT2D eigenvalue weighted by Crippen LogP contribution is 2.57. The van der Waals surface area contributed by atoms with E-state index in [0.29, 0.717) is 39.2 Å². The van der Waals surface area contributed by atoms with Crippen molar-refractivity contribution in [2.24, 2.45) is 5.92 Å². The Bertz CT molecular complexity index is 1570. The number of rotatable bonds is 6. The van der Waals surface area contributed by atoms with E-state index in [2.05, 4.69) is 10.6 Å². The second kappa shape index (κ2) is 8.69. The van der Waals surface area contributed by atoms with Gasteiger partial charge in [0.05, 0.1) is 16.6 Å². The third kappa shape index (κ3) is 3.91. The van der Waals surface area contributed by atoms with Crippen molar-refractivity contribution in [3.63, 3.8) is 0 Å². The molecule has 3 saturated carbocycles. The molecule has 4 aromatic rings. The summed E-state index contributed by atoms with van der Waals surface area (Å²) in [6, 6.07) is 15.1. The van der Waals surface area contributed by atoms with Crippen LogP contribution in [0.2, 0.25) is 0 Å². The van der Waals surface area contributed by atoms with Gasteiger partial charge in [-0.15, -0.1) is 0 Å². The van der Waals surface area contributed by atoms with Gasteiger partial charge in [0.25, 0.3) is 11.8 Å². The average Bonchev–Trinajstić information content (AvgIpc) is 3.23. The van der Waals surface area contributed by atoms with E-state index < -0.39 is 0 Å². The van der Waals surface area contributed by atoms with E-state index in [9.17, 15) is 14.0 Å². The Morgan fingerprint density at radius 1 is 1.05 bits per heavy atom.